The van der Waals surface area contributed by atoms with Crippen LogP contribution in [-0.4, -0.2) is 65.4 Å². The van der Waals surface area contributed by atoms with Crippen molar-refractivity contribution in [2.24, 2.45) is 16.8 Å². The molecule has 1 aromatic rings. The molecule has 0 aromatic carbocycles. The predicted molar refractivity (Wildman–Crippen MR) is 86.9 cm³/mol. The molecule has 2 atom stereocenters. The van der Waals surface area contributed by atoms with Crippen molar-refractivity contribution in [1.29, 1.82) is 0 Å². The molecule has 1 aliphatic heterocycles. The highest BCUT2D eigenvalue weighted by Crippen LogP contribution is 2.23. The lowest BCUT2D eigenvalue weighted by atomic mass is 9.99. The lowest BCUT2D eigenvalue weighted by Gasteiger charge is -2.21. The maximum Gasteiger partial charge on any atom is 0.310 e. The molecule has 0 bridgehead atoms. The third-order valence-electron chi connectivity index (χ3n) is 4.22. The van der Waals surface area contributed by atoms with Crippen LogP contribution >= 0.6 is 0 Å². The van der Waals surface area contributed by atoms with Gasteiger partial charge in [0, 0.05) is 33.2 Å². The van der Waals surface area contributed by atoms with E-state index < -0.39 is 0 Å². The normalized spacial score (nSPS) is 21.5. The van der Waals surface area contributed by atoms with Gasteiger partial charge in [0.05, 0.1) is 13.0 Å². The number of ether oxygens (including phenoxy) is 1. The zero-order chi connectivity index (χ0) is 16.7. The van der Waals surface area contributed by atoms with E-state index in [1.807, 2.05) is 4.57 Å². The Morgan fingerprint density at radius 2 is 2.09 bits per heavy atom. The fourth-order valence-electron chi connectivity index (χ4n) is 2.89. The molecule has 0 aliphatic carbocycles. The topological polar surface area (TPSA) is 84.6 Å². The van der Waals surface area contributed by atoms with Gasteiger partial charge in [-0.1, -0.05) is 6.92 Å². The number of aliphatic imine (C=N–C) groups is 1. The van der Waals surface area contributed by atoms with E-state index in [0.717, 1.165) is 38.4 Å². The highest BCUT2D eigenvalue weighted by atomic mass is 16.5. The summed E-state index contributed by atoms with van der Waals surface area (Å²) >= 11 is 0. The summed E-state index contributed by atoms with van der Waals surface area (Å²) in [6.07, 6.45) is 5.53. The van der Waals surface area contributed by atoms with Gasteiger partial charge in [-0.05, 0) is 18.8 Å². The predicted octanol–water partition coefficient (Wildman–Crippen LogP) is 0.375. The molecule has 1 aliphatic rings. The third-order valence-corrected chi connectivity index (χ3v) is 4.22. The van der Waals surface area contributed by atoms with Gasteiger partial charge in [-0.15, -0.1) is 10.2 Å². The zero-order valence-electron chi connectivity index (χ0n) is 14.1. The van der Waals surface area contributed by atoms with Crippen LogP contribution in [0.15, 0.2) is 17.6 Å². The van der Waals surface area contributed by atoms with Crippen molar-refractivity contribution in [2.45, 2.75) is 26.3 Å². The van der Waals surface area contributed by atoms with Gasteiger partial charge >= 0.3 is 5.97 Å². The lowest BCUT2D eigenvalue weighted by molar-refractivity contribution is -0.145. The minimum Gasteiger partial charge on any atom is -0.469 e. The van der Waals surface area contributed by atoms with E-state index in [4.69, 9.17) is 4.74 Å². The first kappa shape index (κ1) is 17.2. The number of hydrogen-bond donors (Lipinski definition) is 1. The van der Waals surface area contributed by atoms with Crippen molar-refractivity contribution in [3.8, 4) is 0 Å². The molecule has 1 saturated heterocycles. The monoisotopic (exact) mass is 322 g/mol. The molecule has 2 heterocycles. The van der Waals surface area contributed by atoms with Crippen LogP contribution in [0.2, 0.25) is 0 Å². The van der Waals surface area contributed by atoms with Crippen molar-refractivity contribution < 1.29 is 9.53 Å². The molecule has 0 amide bonds. The maximum absolute atomic E-state index is 11.8. The number of guanidine groups is 1. The van der Waals surface area contributed by atoms with Crippen LogP contribution < -0.4 is 5.32 Å². The molecule has 2 rings (SSSR count). The number of aromatic nitrogens is 3. The minimum absolute atomic E-state index is 0.0766. The number of hydrogen-bond acceptors (Lipinski definition) is 5. The Bertz CT molecular complexity index is 516. The fraction of sp³-hybridized carbons (Fsp3) is 0.733. The van der Waals surface area contributed by atoms with E-state index >= 15 is 0 Å². The molecule has 128 valence electrons. The molecule has 1 aromatic heterocycles. The van der Waals surface area contributed by atoms with Crippen molar-refractivity contribution in [1.82, 2.24) is 25.0 Å². The first-order valence-corrected chi connectivity index (χ1v) is 8.01. The van der Waals surface area contributed by atoms with Crippen LogP contribution in [0.5, 0.6) is 0 Å². The van der Waals surface area contributed by atoms with Gasteiger partial charge < -0.3 is 19.5 Å². The number of nitrogens with one attached hydrogen (secondary N) is 1. The molecule has 8 nitrogen and oxygen atoms in total. The van der Waals surface area contributed by atoms with Crippen molar-refractivity contribution in [3.63, 3.8) is 0 Å². The largest absolute Gasteiger partial charge is 0.469 e. The van der Waals surface area contributed by atoms with Crippen LogP contribution in [-0.2, 0) is 16.1 Å². The van der Waals surface area contributed by atoms with Gasteiger partial charge in [0.15, 0.2) is 5.96 Å². The molecule has 1 fully saturated rings. The van der Waals surface area contributed by atoms with Gasteiger partial charge in [0.25, 0.3) is 0 Å². The number of nitrogens with zero attached hydrogens (tertiary/aromatic N) is 5. The Kier molecular flexibility index (Phi) is 6.37. The quantitative estimate of drug-likeness (QED) is 0.353. The van der Waals surface area contributed by atoms with Gasteiger partial charge in [0.2, 0.25) is 0 Å². The number of carbonyl (C=O) groups excluding carboxylic acids is 1. The molecule has 8 heteroatoms. The average molecular weight is 322 g/mol. The second-order valence-electron chi connectivity index (χ2n) is 5.89. The summed E-state index contributed by atoms with van der Waals surface area (Å²) in [7, 11) is 3.22. The van der Waals surface area contributed by atoms with Gasteiger partial charge in [-0.25, -0.2) is 0 Å². The fourth-order valence-corrected chi connectivity index (χ4v) is 2.89. The minimum atomic E-state index is -0.135. The van der Waals surface area contributed by atoms with Crippen molar-refractivity contribution in [3.05, 3.63) is 12.7 Å². The molecule has 2 unspecified atom stereocenters. The Balaban J connectivity index is 1.72. The number of carbonyl (C=O) groups is 1. The van der Waals surface area contributed by atoms with Crippen LogP contribution in [0.3, 0.4) is 0 Å². The second-order valence-corrected chi connectivity index (χ2v) is 5.89. The first-order chi connectivity index (χ1) is 11.2. The van der Waals surface area contributed by atoms with Gasteiger partial charge in [-0.2, -0.15) is 0 Å². The summed E-state index contributed by atoms with van der Waals surface area (Å²) in [5, 5.41) is 10.9. The third kappa shape index (κ3) is 4.67. The van der Waals surface area contributed by atoms with Crippen LogP contribution in [0.4, 0.5) is 0 Å². The second kappa shape index (κ2) is 8.50. The van der Waals surface area contributed by atoms with E-state index in [1.54, 1.807) is 19.7 Å². The number of likely N-dealkylation sites (tertiary alicyclic amines) is 1. The van der Waals surface area contributed by atoms with E-state index in [9.17, 15) is 4.79 Å². The Labute approximate surface area is 136 Å². The standard InChI is InChI=1S/C15H26N6O2/c1-12-8-21(9-13(12)14(22)23-3)15(16-2)17-6-4-5-7-20-10-18-19-11-20/h10-13H,4-9H2,1-3H3,(H,16,17). The summed E-state index contributed by atoms with van der Waals surface area (Å²) in [6, 6.07) is 0. The van der Waals surface area contributed by atoms with Crippen LogP contribution in [0, 0.1) is 11.8 Å². The highest BCUT2D eigenvalue weighted by molar-refractivity contribution is 5.82. The van der Waals surface area contributed by atoms with Crippen LogP contribution in [0.1, 0.15) is 19.8 Å². The van der Waals surface area contributed by atoms with E-state index in [1.165, 1.54) is 7.11 Å². The molecule has 0 radical (unpaired) electrons. The number of aryl methyl sites for hydroxylation is 1. The molecule has 23 heavy (non-hydrogen) atoms. The number of unbranched alkanes of at least 4 members (excludes halogenated alkanes) is 1. The lowest BCUT2D eigenvalue weighted by Crippen LogP contribution is -2.41. The number of esters is 1. The van der Waals surface area contributed by atoms with Crippen molar-refractivity contribution >= 4 is 11.9 Å². The summed E-state index contributed by atoms with van der Waals surface area (Å²) in [5.74, 6) is 0.916. The van der Waals surface area contributed by atoms with Gasteiger partial charge in [0.1, 0.15) is 12.7 Å². The average Bonchev–Trinajstić information content (AvgIpc) is 3.20. The van der Waals surface area contributed by atoms with Gasteiger partial charge in [-0.3, -0.25) is 9.79 Å². The summed E-state index contributed by atoms with van der Waals surface area (Å²) in [5.41, 5.74) is 0. The smallest absolute Gasteiger partial charge is 0.310 e. The highest BCUT2D eigenvalue weighted by Gasteiger charge is 2.36. The summed E-state index contributed by atoms with van der Waals surface area (Å²) < 4.78 is 6.85. The summed E-state index contributed by atoms with van der Waals surface area (Å²) in [4.78, 5) is 18.2. The Morgan fingerprint density at radius 1 is 1.35 bits per heavy atom. The van der Waals surface area contributed by atoms with E-state index in [0.29, 0.717) is 6.54 Å². The summed E-state index contributed by atoms with van der Waals surface area (Å²) in [6.45, 7) is 5.32. The van der Waals surface area contributed by atoms with Crippen molar-refractivity contribution in [2.75, 3.05) is 33.8 Å². The number of methoxy groups -OCH3 is 1. The maximum atomic E-state index is 11.8. The molecule has 0 saturated carbocycles. The molecule has 0 spiro atoms. The Hall–Kier alpha value is -2.12. The molecule has 1 N–H and O–H groups in total. The molecular formula is C15H26N6O2. The molecular weight excluding hydrogens is 296 g/mol. The van der Waals surface area contributed by atoms with E-state index in [2.05, 4.69) is 32.3 Å². The number of rotatable bonds is 6. The zero-order valence-corrected chi connectivity index (χ0v) is 14.1. The van der Waals surface area contributed by atoms with Crippen LogP contribution in [0.25, 0.3) is 0 Å². The SMILES string of the molecule is CN=C(NCCCCn1cnnc1)N1CC(C)C(C(=O)OC)C1. The van der Waals surface area contributed by atoms with E-state index in [-0.39, 0.29) is 17.8 Å². The Morgan fingerprint density at radius 3 is 2.74 bits per heavy atom. The first-order valence-electron chi connectivity index (χ1n) is 8.01.